The van der Waals surface area contributed by atoms with Crippen molar-refractivity contribution in [1.82, 2.24) is 9.97 Å². The van der Waals surface area contributed by atoms with Gasteiger partial charge in [-0.3, -0.25) is 9.79 Å². The molecule has 2 heterocycles. The molecule has 0 aliphatic carbocycles. The third kappa shape index (κ3) is 3.05. The number of nitrogens with one attached hydrogen (secondary N) is 1. The van der Waals surface area contributed by atoms with Gasteiger partial charge in [0, 0.05) is 11.1 Å². The number of halogens is 1. The summed E-state index contributed by atoms with van der Waals surface area (Å²) in [5.74, 6) is -0.174. The molecule has 3 N–H and O–H groups in total. The molecule has 0 bridgehead atoms. The van der Waals surface area contributed by atoms with Crippen LogP contribution in [0, 0.1) is 5.82 Å². The molecule has 1 atom stereocenters. The first kappa shape index (κ1) is 18.2. The van der Waals surface area contributed by atoms with E-state index < -0.39 is 12.0 Å². The van der Waals surface area contributed by atoms with E-state index in [0.717, 1.165) is 11.0 Å². The normalized spacial score (nSPS) is 16.3. The lowest BCUT2D eigenvalue weighted by Crippen LogP contribution is -2.42. The number of aromatic amines is 1. The summed E-state index contributed by atoms with van der Waals surface area (Å²) in [7, 11) is 0. The maximum absolute atomic E-state index is 14.6. The van der Waals surface area contributed by atoms with Crippen molar-refractivity contribution in [3.05, 3.63) is 95.6 Å². The van der Waals surface area contributed by atoms with E-state index in [1.54, 1.807) is 23.1 Å². The van der Waals surface area contributed by atoms with Crippen molar-refractivity contribution in [1.29, 1.82) is 0 Å². The van der Waals surface area contributed by atoms with Crippen LogP contribution in [0.3, 0.4) is 0 Å². The van der Waals surface area contributed by atoms with Gasteiger partial charge in [-0.2, -0.15) is 0 Å². The summed E-state index contributed by atoms with van der Waals surface area (Å²) in [4.78, 5) is 26.9. The van der Waals surface area contributed by atoms with Crippen LogP contribution in [0.1, 0.15) is 17.0 Å². The molecule has 6 nitrogen and oxygen atoms in total. The zero-order chi connectivity index (χ0) is 20.7. The molecule has 0 saturated carbocycles. The van der Waals surface area contributed by atoms with Crippen LogP contribution in [0.2, 0.25) is 0 Å². The van der Waals surface area contributed by atoms with Gasteiger partial charge < -0.3 is 15.6 Å². The van der Waals surface area contributed by atoms with Crippen molar-refractivity contribution >= 4 is 28.3 Å². The molecule has 1 unspecified atom stereocenters. The second kappa shape index (κ2) is 7.20. The van der Waals surface area contributed by atoms with Crippen LogP contribution in [0.5, 0.6) is 0 Å². The maximum atomic E-state index is 14.6. The third-order valence-electron chi connectivity index (χ3n) is 5.11. The Morgan fingerprint density at radius 2 is 1.67 bits per heavy atom. The fourth-order valence-corrected chi connectivity index (χ4v) is 3.71. The van der Waals surface area contributed by atoms with E-state index in [-0.39, 0.29) is 12.5 Å². The fourth-order valence-electron chi connectivity index (χ4n) is 3.71. The molecule has 1 aliphatic heterocycles. The highest BCUT2D eigenvalue weighted by Gasteiger charge is 2.31. The number of benzodiazepines with no additional fused rings is 1. The zero-order valence-corrected chi connectivity index (χ0v) is 15.9. The molecule has 148 valence electrons. The van der Waals surface area contributed by atoms with Gasteiger partial charge in [-0.1, -0.05) is 42.5 Å². The average molecular weight is 399 g/mol. The van der Waals surface area contributed by atoms with Gasteiger partial charge in [-0.25, -0.2) is 9.37 Å². The molecule has 0 fully saturated rings. The first-order valence-corrected chi connectivity index (χ1v) is 9.54. The monoisotopic (exact) mass is 399 g/mol. The van der Waals surface area contributed by atoms with Crippen LogP contribution in [0.15, 0.2) is 77.8 Å². The Morgan fingerprint density at radius 3 is 2.47 bits per heavy atom. The smallest absolute Gasteiger partial charge is 0.266 e. The first-order chi connectivity index (χ1) is 14.6. The molecular formula is C23H18FN5O. The lowest BCUT2D eigenvalue weighted by Gasteiger charge is -2.23. The quantitative estimate of drug-likeness (QED) is 0.554. The number of aliphatic imine (C=N–C) groups is 1. The molecule has 7 heteroatoms. The van der Waals surface area contributed by atoms with E-state index in [0.29, 0.717) is 28.4 Å². The van der Waals surface area contributed by atoms with Crippen molar-refractivity contribution in [3.8, 4) is 0 Å². The predicted octanol–water partition coefficient (Wildman–Crippen LogP) is 3.37. The van der Waals surface area contributed by atoms with Crippen molar-refractivity contribution in [2.24, 2.45) is 10.7 Å². The largest absolute Gasteiger partial charge is 0.340 e. The van der Waals surface area contributed by atoms with E-state index in [2.05, 4.69) is 15.0 Å². The van der Waals surface area contributed by atoms with Gasteiger partial charge in [-0.05, 0) is 30.3 Å². The standard InChI is InChI=1S/C23H18FN5O/c24-16-9-3-1-7-14(16)21-15-8-2-6-12-19(15)29(23(30)22(25)28-21)13-20-26-17-10-4-5-11-18(17)27-20/h1-12,22H,13,25H2,(H,26,27). The number of para-hydroxylation sites is 3. The number of nitrogens with two attached hydrogens (primary N) is 1. The number of carbonyl (C=O) groups excluding carboxylic acids is 1. The van der Waals surface area contributed by atoms with Crippen LogP contribution in [0.25, 0.3) is 11.0 Å². The number of aromatic nitrogens is 2. The van der Waals surface area contributed by atoms with Gasteiger partial charge in [0.2, 0.25) is 0 Å². The molecule has 0 radical (unpaired) electrons. The number of benzene rings is 3. The number of imidazole rings is 1. The number of carbonyl (C=O) groups is 1. The summed E-state index contributed by atoms with van der Waals surface area (Å²) < 4.78 is 14.6. The predicted molar refractivity (Wildman–Crippen MR) is 114 cm³/mol. The highest BCUT2D eigenvalue weighted by atomic mass is 19.1. The van der Waals surface area contributed by atoms with Crippen LogP contribution < -0.4 is 10.6 Å². The molecule has 30 heavy (non-hydrogen) atoms. The van der Waals surface area contributed by atoms with Crippen molar-refractivity contribution in [2.75, 3.05) is 4.90 Å². The van der Waals surface area contributed by atoms with E-state index >= 15 is 0 Å². The van der Waals surface area contributed by atoms with E-state index in [1.165, 1.54) is 6.07 Å². The van der Waals surface area contributed by atoms with Crippen LogP contribution in [-0.2, 0) is 11.3 Å². The SMILES string of the molecule is NC1N=C(c2ccccc2F)c2ccccc2N(Cc2nc3ccccc3[nH]2)C1=O. The number of hydrogen-bond acceptors (Lipinski definition) is 4. The van der Waals surface area contributed by atoms with Crippen LogP contribution >= 0.6 is 0 Å². The summed E-state index contributed by atoms with van der Waals surface area (Å²) in [5.41, 5.74) is 9.73. The van der Waals surface area contributed by atoms with E-state index in [1.807, 2.05) is 48.5 Å². The number of anilines is 1. The first-order valence-electron chi connectivity index (χ1n) is 9.54. The lowest BCUT2D eigenvalue weighted by molar-refractivity contribution is -0.119. The summed E-state index contributed by atoms with van der Waals surface area (Å²) in [6, 6.07) is 21.3. The van der Waals surface area contributed by atoms with Crippen molar-refractivity contribution in [3.63, 3.8) is 0 Å². The van der Waals surface area contributed by atoms with Gasteiger partial charge in [0.15, 0.2) is 6.17 Å². The second-order valence-electron chi connectivity index (χ2n) is 7.04. The van der Waals surface area contributed by atoms with Crippen molar-refractivity contribution in [2.45, 2.75) is 12.7 Å². The number of fused-ring (bicyclic) bond motifs is 2. The molecule has 1 aromatic heterocycles. The molecule has 4 aromatic rings. The molecular weight excluding hydrogens is 381 g/mol. The van der Waals surface area contributed by atoms with Gasteiger partial charge in [0.05, 0.1) is 29.0 Å². The van der Waals surface area contributed by atoms with Gasteiger partial charge in [0.25, 0.3) is 5.91 Å². The van der Waals surface area contributed by atoms with Gasteiger partial charge >= 0.3 is 0 Å². The molecule has 3 aromatic carbocycles. The second-order valence-corrected chi connectivity index (χ2v) is 7.04. The number of nitrogens with zero attached hydrogens (tertiary/aromatic N) is 3. The minimum atomic E-state index is -1.16. The number of amides is 1. The molecule has 5 rings (SSSR count). The number of hydrogen-bond donors (Lipinski definition) is 2. The van der Waals surface area contributed by atoms with Crippen LogP contribution in [-0.4, -0.2) is 27.8 Å². The lowest BCUT2D eigenvalue weighted by atomic mass is 9.99. The third-order valence-corrected chi connectivity index (χ3v) is 5.11. The Bertz CT molecular complexity index is 1260. The zero-order valence-electron chi connectivity index (χ0n) is 15.9. The van der Waals surface area contributed by atoms with Gasteiger partial charge in [0.1, 0.15) is 11.6 Å². The molecule has 1 aliphatic rings. The number of H-pyrrole nitrogens is 1. The summed E-state index contributed by atoms with van der Waals surface area (Å²) >= 11 is 0. The van der Waals surface area contributed by atoms with Crippen LogP contribution in [0.4, 0.5) is 10.1 Å². The number of rotatable bonds is 3. The Labute approximate surface area is 171 Å². The molecule has 0 saturated heterocycles. The Morgan fingerprint density at radius 1 is 0.967 bits per heavy atom. The van der Waals surface area contributed by atoms with Gasteiger partial charge in [-0.15, -0.1) is 0 Å². The summed E-state index contributed by atoms with van der Waals surface area (Å²) in [6.07, 6.45) is -1.16. The van der Waals surface area contributed by atoms with Crippen molar-refractivity contribution < 1.29 is 9.18 Å². The molecule has 1 amide bonds. The highest BCUT2D eigenvalue weighted by Crippen LogP contribution is 2.29. The minimum Gasteiger partial charge on any atom is -0.340 e. The topological polar surface area (TPSA) is 87.4 Å². The Hall–Kier alpha value is -3.84. The van der Waals surface area contributed by atoms with E-state index in [4.69, 9.17) is 5.73 Å². The summed E-state index contributed by atoms with van der Waals surface area (Å²) in [6.45, 7) is 0.193. The highest BCUT2D eigenvalue weighted by molar-refractivity contribution is 6.20. The Kier molecular flexibility index (Phi) is 4.37. The maximum Gasteiger partial charge on any atom is 0.266 e. The molecule has 0 spiro atoms. The van der Waals surface area contributed by atoms with E-state index in [9.17, 15) is 9.18 Å². The Balaban J connectivity index is 1.62. The minimum absolute atomic E-state index is 0.193. The summed E-state index contributed by atoms with van der Waals surface area (Å²) in [5, 5.41) is 0. The fraction of sp³-hybridized carbons (Fsp3) is 0.0870. The average Bonchev–Trinajstić information content (AvgIpc) is 3.14.